The van der Waals surface area contributed by atoms with Gasteiger partial charge in [0.25, 0.3) is 0 Å². The largest absolute Gasteiger partial charge is 0.378 e. The van der Waals surface area contributed by atoms with Gasteiger partial charge in [0.1, 0.15) is 0 Å². The van der Waals surface area contributed by atoms with Gasteiger partial charge in [-0.1, -0.05) is 32.4 Å². The molecule has 2 heteroatoms. The van der Waals surface area contributed by atoms with Crippen molar-refractivity contribution in [3.8, 4) is 0 Å². The van der Waals surface area contributed by atoms with Gasteiger partial charge in [-0.05, 0) is 31.7 Å². The number of likely N-dealkylation sites (N-methyl/N-ethyl adjacent to an activating group) is 1. The van der Waals surface area contributed by atoms with Crippen LogP contribution < -0.4 is 0 Å². The molecule has 1 saturated heterocycles. The fourth-order valence-electron chi connectivity index (χ4n) is 2.63. The molecule has 0 amide bonds. The molecule has 1 aliphatic carbocycles. The molecule has 0 aromatic rings. The number of allylic oxidation sites excluding steroid dienone is 1. The van der Waals surface area contributed by atoms with Gasteiger partial charge in [0, 0.05) is 6.04 Å². The minimum atomic E-state index is 0.364. The lowest BCUT2D eigenvalue weighted by molar-refractivity contribution is -0.0705. The van der Waals surface area contributed by atoms with Crippen LogP contribution in [0.5, 0.6) is 0 Å². The Labute approximate surface area is 99.7 Å². The Bertz CT molecular complexity index is 273. The lowest BCUT2D eigenvalue weighted by atomic mass is 9.79. The van der Waals surface area contributed by atoms with E-state index >= 15 is 0 Å². The first-order valence-corrected chi connectivity index (χ1v) is 6.47. The molecule has 16 heavy (non-hydrogen) atoms. The molecule has 0 unspecified atom stereocenters. The maximum Gasteiger partial charge on any atom is 0.0645 e. The second kappa shape index (κ2) is 4.50. The van der Waals surface area contributed by atoms with Gasteiger partial charge in [0.05, 0.1) is 19.3 Å². The summed E-state index contributed by atoms with van der Waals surface area (Å²) in [5, 5.41) is 0. The highest BCUT2D eigenvalue weighted by Gasteiger charge is 2.30. The van der Waals surface area contributed by atoms with Gasteiger partial charge in [0.15, 0.2) is 0 Å². The van der Waals surface area contributed by atoms with E-state index in [1.807, 2.05) is 0 Å². The van der Waals surface area contributed by atoms with Crippen LogP contribution in [0.2, 0.25) is 0 Å². The lowest BCUT2D eigenvalue weighted by Crippen LogP contribution is -2.51. The van der Waals surface area contributed by atoms with Gasteiger partial charge in [-0.15, -0.1) is 0 Å². The average Bonchev–Trinajstić information content (AvgIpc) is 2.14. The fraction of sp³-hybridized carbons (Fsp3) is 0.857. The van der Waals surface area contributed by atoms with Crippen molar-refractivity contribution in [3.63, 3.8) is 0 Å². The Hall–Kier alpha value is -0.340. The predicted octanol–water partition coefficient (Wildman–Crippen LogP) is 2.84. The Morgan fingerprint density at radius 1 is 1.25 bits per heavy atom. The van der Waals surface area contributed by atoms with Crippen molar-refractivity contribution in [1.82, 2.24) is 4.90 Å². The SMILES string of the molecule is CN(C1COC1)[C@H]1CC=C(C(C)(C)C)CC1. The van der Waals surface area contributed by atoms with Crippen molar-refractivity contribution >= 4 is 0 Å². The van der Waals surface area contributed by atoms with Gasteiger partial charge in [-0.25, -0.2) is 0 Å². The normalized spacial score (nSPS) is 27.8. The van der Waals surface area contributed by atoms with E-state index in [1.54, 1.807) is 5.57 Å². The minimum Gasteiger partial charge on any atom is -0.378 e. The third-order valence-corrected chi connectivity index (χ3v) is 4.12. The van der Waals surface area contributed by atoms with Crippen LogP contribution in [-0.2, 0) is 4.74 Å². The molecule has 0 spiro atoms. The summed E-state index contributed by atoms with van der Waals surface area (Å²) in [4.78, 5) is 2.53. The molecule has 0 bridgehead atoms. The molecule has 2 nitrogen and oxygen atoms in total. The van der Waals surface area contributed by atoms with Gasteiger partial charge in [0.2, 0.25) is 0 Å². The standard InChI is InChI=1S/C14H25NO/c1-14(2,3)11-5-7-12(8-6-11)15(4)13-9-16-10-13/h5,12-13H,6-10H2,1-4H3/t12-/m0/s1. The molecule has 92 valence electrons. The summed E-state index contributed by atoms with van der Waals surface area (Å²) < 4.78 is 5.27. The minimum absolute atomic E-state index is 0.364. The number of rotatable bonds is 2. The van der Waals surface area contributed by atoms with Gasteiger partial charge in [-0.2, -0.15) is 0 Å². The Morgan fingerprint density at radius 2 is 1.94 bits per heavy atom. The number of hydrogen-bond acceptors (Lipinski definition) is 2. The molecular weight excluding hydrogens is 198 g/mol. The molecule has 0 aromatic carbocycles. The molecule has 1 fully saturated rings. The van der Waals surface area contributed by atoms with Crippen molar-refractivity contribution in [2.75, 3.05) is 20.3 Å². The highest BCUT2D eigenvalue weighted by Crippen LogP contribution is 2.34. The molecule has 1 atom stereocenters. The van der Waals surface area contributed by atoms with Gasteiger partial charge < -0.3 is 4.74 Å². The smallest absolute Gasteiger partial charge is 0.0645 e. The van der Waals surface area contributed by atoms with E-state index in [2.05, 4.69) is 38.8 Å². The van der Waals surface area contributed by atoms with E-state index in [-0.39, 0.29) is 0 Å². The van der Waals surface area contributed by atoms with Gasteiger partial charge in [-0.3, -0.25) is 4.90 Å². The fourth-order valence-corrected chi connectivity index (χ4v) is 2.63. The zero-order chi connectivity index (χ0) is 11.8. The van der Waals surface area contributed by atoms with E-state index in [1.165, 1.54) is 19.3 Å². The molecule has 0 saturated carbocycles. The zero-order valence-electron chi connectivity index (χ0n) is 11.1. The van der Waals surface area contributed by atoms with Crippen molar-refractivity contribution in [1.29, 1.82) is 0 Å². The molecule has 1 heterocycles. The lowest BCUT2D eigenvalue weighted by Gasteiger charge is -2.41. The Balaban J connectivity index is 1.91. The first-order chi connectivity index (χ1) is 7.48. The summed E-state index contributed by atoms with van der Waals surface area (Å²) in [5.41, 5.74) is 2.00. The summed E-state index contributed by atoms with van der Waals surface area (Å²) in [7, 11) is 2.26. The highest BCUT2D eigenvalue weighted by atomic mass is 16.5. The van der Waals surface area contributed by atoms with E-state index in [0.717, 1.165) is 19.3 Å². The van der Waals surface area contributed by atoms with Crippen molar-refractivity contribution < 1.29 is 4.74 Å². The summed E-state index contributed by atoms with van der Waals surface area (Å²) >= 11 is 0. The van der Waals surface area contributed by atoms with E-state index in [0.29, 0.717) is 11.5 Å². The quantitative estimate of drug-likeness (QED) is 0.667. The Kier molecular flexibility index (Phi) is 3.41. The number of hydrogen-bond donors (Lipinski definition) is 0. The van der Waals surface area contributed by atoms with Crippen LogP contribution in [0, 0.1) is 5.41 Å². The highest BCUT2D eigenvalue weighted by molar-refractivity contribution is 5.15. The maximum absolute atomic E-state index is 5.27. The van der Waals surface area contributed by atoms with Crippen LogP contribution >= 0.6 is 0 Å². The first-order valence-electron chi connectivity index (χ1n) is 6.47. The van der Waals surface area contributed by atoms with Crippen LogP contribution in [0.25, 0.3) is 0 Å². The summed E-state index contributed by atoms with van der Waals surface area (Å²) in [5.74, 6) is 0. The predicted molar refractivity (Wildman–Crippen MR) is 67.5 cm³/mol. The number of ether oxygens (including phenoxy) is 1. The second-order valence-electron chi connectivity index (χ2n) is 6.26. The number of nitrogens with zero attached hydrogens (tertiary/aromatic N) is 1. The van der Waals surface area contributed by atoms with Crippen LogP contribution in [0.15, 0.2) is 11.6 Å². The third kappa shape index (κ3) is 2.49. The van der Waals surface area contributed by atoms with Crippen molar-refractivity contribution in [2.45, 2.75) is 52.1 Å². The molecule has 0 radical (unpaired) electrons. The average molecular weight is 223 g/mol. The van der Waals surface area contributed by atoms with Crippen LogP contribution in [0.4, 0.5) is 0 Å². The van der Waals surface area contributed by atoms with Crippen LogP contribution in [0.3, 0.4) is 0 Å². The zero-order valence-corrected chi connectivity index (χ0v) is 11.1. The van der Waals surface area contributed by atoms with Crippen molar-refractivity contribution in [3.05, 3.63) is 11.6 Å². The van der Waals surface area contributed by atoms with E-state index in [4.69, 9.17) is 4.74 Å². The van der Waals surface area contributed by atoms with Crippen LogP contribution in [0.1, 0.15) is 40.0 Å². The second-order valence-corrected chi connectivity index (χ2v) is 6.26. The van der Waals surface area contributed by atoms with E-state index < -0.39 is 0 Å². The molecule has 2 aliphatic rings. The van der Waals surface area contributed by atoms with Crippen molar-refractivity contribution in [2.24, 2.45) is 5.41 Å². The maximum atomic E-state index is 5.27. The Morgan fingerprint density at radius 3 is 2.31 bits per heavy atom. The molecule has 2 rings (SSSR count). The molecule has 0 aromatic heterocycles. The van der Waals surface area contributed by atoms with Gasteiger partial charge >= 0.3 is 0 Å². The topological polar surface area (TPSA) is 12.5 Å². The third-order valence-electron chi connectivity index (χ3n) is 4.12. The monoisotopic (exact) mass is 223 g/mol. The molecule has 1 aliphatic heterocycles. The first kappa shape index (κ1) is 12.1. The molecular formula is C14H25NO. The summed E-state index contributed by atoms with van der Waals surface area (Å²) in [6.07, 6.45) is 6.28. The molecule has 0 N–H and O–H groups in total. The van der Waals surface area contributed by atoms with E-state index in [9.17, 15) is 0 Å². The summed E-state index contributed by atoms with van der Waals surface area (Å²) in [6.45, 7) is 8.83. The van der Waals surface area contributed by atoms with Crippen LogP contribution in [-0.4, -0.2) is 37.2 Å². The summed E-state index contributed by atoms with van der Waals surface area (Å²) in [6, 6.07) is 1.41.